The fourth-order valence-electron chi connectivity index (χ4n) is 2.24. The molecule has 0 spiro atoms. The first-order valence-corrected chi connectivity index (χ1v) is 8.14. The average molecular weight is 285 g/mol. The molecule has 0 saturated heterocycles. The number of nitrogens with one attached hydrogen (secondary N) is 1. The first-order chi connectivity index (χ1) is 9.63. The van der Waals surface area contributed by atoms with Crippen molar-refractivity contribution in [2.45, 2.75) is 78.1 Å². The molecule has 0 rings (SSSR count). The molecule has 4 nitrogen and oxygen atoms in total. The largest absolute Gasteiger partial charge is 0.481 e. The van der Waals surface area contributed by atoms with Gasteiger partial charge in [-0.05, 0) is 12.8 Å². The highest BCUT2D eigenvalue weighted by atomic mass is 16.4. The van der Waals surface area contributed by atoms with Crippen LogP contribution in [-0.4, -0.2) is 23.5 Å². The van der Waals surface area contributed by atoms with Crippen LogP contribution in [0.2, 0.25) is 0 Å². The number of carbonyl (C=O) groups is 2. The van der Waals surface area contributed by atoms with Gasteiger partial charge < -0.3 is 10.4 Å². The molecule has 2 N–H and O–H groups in total. The van der Waals surface area contributed by atoms with E-state index in [-0.39, 0.29) is 5.91 Å². The maximum atomic E-state index is 11.6. The molecule has 1 amide bonds. The molecule has 0 radical (unpaired) electrons. The minimum atomic E-state index is -1.03. The Morgan fingerprint density at radius 2 is 1.40 bits per heavy atom. The summed E-state index contributed by atoms with van der Waals surface area (Å²) >= 11 is 0. The number of amides is 1. The maximum Gasteiger partial charge on any atom is 0.316 e. The standard InChI is InChI=1S/C16H31NO3/c1-3-5-6-7-8-9-10-11-12-13-17-15(18)14(4-2)16(19)20/h14H,3-13H2,1-2H3,(H,17,18)(H,19,20). The summed E-state index contributed by atoms with van der Waals surface area (Å²) in [6.07, 6.45) is 11.5. The molecule has 0 saturated carbocycles. The smallest absolute Gasteiger partial charge is 0.316 e. The molecule has 118 valence electrons. The predicted octanol–water partition coefficient (Wildman–Crippen LogP) is 3.74. The van der Waals surface area contributed by atoms with Gasteiger partial charge >= 0.3 is 5.97 Å². The molecule has 0 aliphatic carbocycles. The van der Waals surface area contributed by atoms with E-state index >= 15 is 0 Å². The molecule has 0 aromatic rings. The van der Waals surface area contributed by atoms with Crippen molar-refractivity contribution in [2.24, 2.45) is 5.92 Å². The Hall–Kier alpha value is -1.06. The Bertz CT molecular complexity index is 266. The summed E-state index contributed by atoms with van der Waals surface area (Å²) in [6, 6.07) is 0. The minimum Gasteiger partial charge on any atom is -0.481 e. The van der Waals surface area contributed by atoms with Crippen LogP contribution in [0.25, 0.3) is 0 Å². The van der Waals surface area contributed by atoms with Gasteiger partial charge in [0, 0.05) is 6.54 Å². The van der Waals surface area contributed by atoms with Crippen molar-refractivity contribution in [1.29, 1.82) is 0 Å². The third-order valence-corrected chi connectivity index (χ3v) is 3.60. The van der Waals surface area contributed by atoms with E-state index in [1.54, 1.807) is 6.92 Å². The van der Waals surface area contributed by atoms with Crippen molar-refractivity contribution in [3.63, 3.8) is 0 Å². The van der Waals surface area contributed by atoms with Crippen molar-refractivity contribution < 1.29 is 14.7 Å². The van der Waals surface area contributed by atoms with Gasteiger partial charge in [0.2, 0.25) is 5.91 Å². The lowest BCUT2D eigenvalue weighted by molar-refractivity contribution is -0.147. The number of aliphatic carboxylic acids is 1. The number of hydrogen-bond donors (Lipinski definition) is 2. The second-order valence-corrected chi connectivity index (χ2v) is 5.42. The van der Waals surface area contributed by atoms with Crippen LogP contribution >= 0.6 is 0 Å². The third-order valence-electron chi connectivity index (χ3n) is 3.60. The highest BCUT2D eigenvalue weighted by molar-refractivity contribution is 5.96. The van der Waals surface area contributed by atoms with Crippen molar-refractivity contribution in [1.82, 2.24) is 5.32 Å². The lowest BCUT2D eigenvalue weighted by Gasteiger charge is -2.10. The first kappa shape index (κ1) is 18.9. The van der Waals surface area contributed by atoms with Crippen molar-refractivity contribution in [2.75, 3.05) is 6.54 Å². The second-order valence-electron chi connectivity index (χ2n) is 5.42. The summed E-state index contributed by atoms with van der Waals surface area (Å²) in [4.78, 5) is 22.4. The Kier molecular flexibility index (Phi) is 12.3. The van der Waals surface area contributed by atoms with Gasteiger partial charge in [-0.2, -0.15) is 0 Å². The highest BCUT2D eigenvalue weighted by Gasteiger charge is 2.23. The summed E-state index contributed by atoms with van der Waals surface area (Å²) in [5, 5.41) is 11.6. The molecule has 0 aromatic heterocycles. The monoisotopic (exact) mass is 285 g/mol. The predicted molar refractivity (Wildman–Crippen MR) is 81.7 cm³/mol. The van der Waals surface area contributed by atoms with E-state index in [2.05, 4.69) is 12.2 Å². The van der Waals surface area contributed by atoms with Gasteiger partial charge in [0.05, 0.1) is 0 Å². The number of carboxylic acid groups (broad SMARTS) is 1. The van der Waals surface area contributed by atoms with Crippen LogP contribution < -0.4 is 5.32 Å². The van der Waals surface area contributed by atoms with Gasteiger partial charge in [-0.15, -0.1) is 0 Å². The van der Waals surface area contributed by atoms with Gasteiger partial charge in [0.15, 0.2) is 0 Å². The van der Waals surface area contributed by atoms with Gasteiger partial charge in [0.25, 0.3) is 0 Å². The Balaban J connectivity index is 3.39. The molecule has 0 heterocycles. The molecular formula is C16H31NO3. The molecule has 1 unspecified atom stereocenters. The van der Waals surface area contributed by atoms with Crippen LogP contribution in [0.1, 0.15) is 78.1 Å². The van der Waals surface area contributed by atoms with E-state index in [0.717, 1.165) is 12.8 Å². The van der Waals surface area contributed by atoms with E-state index < -0.39 is 11.9 Å². The summed E-state index contributed by atoms with van der Waals surface area (Å²) < 4.78 is 0. The third kappa shape index (κ3) is 9.82. The number of unbranched alkanes of at least 4 members (excludes halogenated alkanes) is 8. The molecule has 0 aromatic carbocycles. The lowest BCUT2D eigenvalue weighted by Crippen LogP contribution is -2.35. The topological polar surface area (TPSA) is 66.4 Å². The van der Waals surface area contributed by atoms with Crippen molar-refractivity contribution in [3.8, 4) is 0 Å². The zero-order valence-corrected chi connectivity index (χ0v) is 13.1. The second kappa shape index (κ2) is 12.9. The summed E-state index contributed by atoms with van der Waals surface area (Å²) in [5.41, 5.74) is 0. The summed E-state index contributed by atoms with van der Waals surface area (Å²) in [6.45, 7) is 4.54. The molecule has 20 heavy (non-hydrogen) atoms. The minimum absolute atomic E-state index is 0.346. The van der Waals surface area contributed by atoms with Gasteiger partial charge in [-0.1, -0.05) is 65.2 Å². The van der Waals surface area contributed by atoms with Gasteiger partial charge in [-0.25, -0.2) is 0 Å². The average Bonchev–Trinajstić information content (AvgIpc) is 2.41. The Morgan fingerprint density at radius 3 is 1.85 bits per heavy atom. The zero-order chi connectivity index (χ0) is 15.2. The molecule has 4 heteroatoms. The van der Waals surface area contributed by atoms with Gasteiger partial charge in [-0.3, -0.25) is 9.59 Å². The normalized spacial score (nSPS) is 12.1. The number of hydrogen-bond acceptors (Lipinski definition) is 2. The van der Waals surface area contributed by atoms with E-state index in [1.165, 1.54) is 44.9 Å². The molecular weight excluding hydrogens is 254 g/mol. The fraction of sp³-hybridized carbons (Fsp3) is 0.875. The van der Waals surface area contributed by atoms with E-state index in [1.807, 2.05) is 0 Å². The molecule has 0 bridgehead atoms. The Morgan fingerprint density at radius 1 is 0.900 bits per heavy atom. The van der Waals surface area contributed by atoms with Crippen LogP contribution in [0.4, 0.5) is 0 Å². The van der Waals surface area contributed by atoms with Crippen molar-refractivity contribution >= 4 is 11.9 Å². The Labute approximate surface area is 123 Å². The molecule has 0 aliphatic rings. The van der Waals surface area contributed by atoms with Crippen LogP contribution in [0.3, 0.4) is 0 Å². The SMILES string of the molecule is CCCCCCCCCCCNC(=O)C(CC)C(=O)O. The van der Waals surface area contributed by atoms with E-state index in [4.69, 9.17) is 5.11 Å². The fourth-order valence-corrected chi connectivity index (χ4v) is 2.24. The molecule has 1 atom stereocenters. The summed E-state index contributed by atoms with van der Waals surface area (Å²) in [5.74, 6) is -2.27. The van der Waals surface area contributed by atoms with E-state index in [0.29, 0.717) is 13.0 Å². The molecule has 0 aliphatic heterocycles. The van der Waals surface area contributed by atoms with Gasteiger partial charge in [0.1, 0.15) is 5.92 Å². The van der Waals surface area contributed by atoms with Crippen LogP contribution in [0.5, 0.6) is 0 Å². The quantitative estimate of drug-likeness (QED) is 0.400. The van der Waals surface area contributed by atoms with Crippen LogP contribution in [0.15, 0.2) is 0 Å². The maximum absolute atomic E-state index is 11.6. The van der Waals surface area contributed by atoms with Crippen LogP contribution in [0, 0.1) is 5.92 Å². The number of carboxylic acids is 1. The zero-order valence-electron chi connectivity index (χ0n) is 13.1. The number of rotatable bonds is 13. The van der Waals surface area contributed by atoms with Crippen molar-refractivity contribution in [3.05, 3.63) is 0 Å². The summed E-state index contributed by atoms with van der Waals surface area (Å²) in [7, 11) is 0. The number of carbonyl (C=O) groups excluding carboxylic acids is 1. The molecule has 0 fully saturated rings. The van der Waals surface area contributed by atoms with Crippen LogP contribution in [-0.2, 0) is 9.59 Å². The first-order valence-electron chi connectivity index (χ1n) is 8.14. The highest BCUT2D eigenvalue weighted by Crippen LogP contribution is 2.09. The van der Waals surface area contributed by atoms with E-state index in [9.17, 15) is 9.59 Å². The lowest BCUT2D eigenvalue weighted by atomic mass is 10.1.